The minimum absolute atomic E-state index is 0.0204. The van der Waals surface area contributed by atoms with E-state index in [9.17, 15) is 23.6 Å². The second-order valence-electron chi connectivity index (χ2n) is 8.06. The van der Waals surface area contributed by atoms with Gasteiger partial charge in [0, 0.05) is 19.6 Å². The third-order valence-electron chi connectivity index (χ3n) is 4.97. The Kier molecular flexibility index (Phi) is 7.66. The molecule has 4 amide bonds. The molecule has 0 spiro atoms. The van der Waals surface area contributed by atoms with Crippen LogP contribution in [-0.4, -0.2) is 82.2 Å². The summed E-state index contributed by atoms with van der Waals surface area (Å²) >= 11 is 0.858. The lowest BCUT2D eigenvalue weighted by molar-refractivity contribution is -0.140. The molecule has 0 radical (unpaired) electrons. The Morgan fingerprint density at radius 2 is 2.00 bits per heavy atom. The van der Waals surface area contributed by atoms with Crippen LogP contribution in [0.1, 0.15) is 19.4 Å². The van der Waals surface area contributed by atoms with Crippen molar-refractivity contribution in [2.24, 2.45) is 5.92 Å². The van der Waals surface area contributed by atoms with E-state index in [2.05, 4.69) is 0 Å². The molecular formula is C21H26FN3O5S. The number of carbonyl (C=O) groups excluding carboxylic acids is 4. The van der Waals surface area contributed by atoms with Gasteiger partial charge in [0.1, 0.15) is 12.4 Å². The first kappa shape index (κ1) is 23.2. The first-order valence-electron chi connectivity index (χ1n) is 10.1. The lowest BCUT2D eigenvalue weighted by atomic mass is 10.2. The smallest absolute Gasteiger partial charge is 0.289 e. The summed E-state index contributed by atoms with van der Waals surface area (Å²) in [7, 11) is 0. The van der Waals surface area contributed by atoms with Crippen molar-refractivity contribution in [3.63, 3.8) is 0 Å². The highest BCUT2D eigenvalue weighted by molar-refractivity contribution is 8.14. The summed E-state index contributed by atoms with van der Waals surface area (Å²) in [5, 5.41) is -0.458. The van der Waals surface area contributed by atoms with Crippen LogP contribution < -0.4 is 0 Å². The first-order chi connectivity index (χ1) is 14.7. The molecule has 0 saturated carbocycles. The fraction of sp³-hybridized carbons (Fsp3) is 0.524. The number of rotatable bonds is 7. The van der Waals surface area contributed by atoms with Crippen LogP contribution >= 0.6 is 11.8 Å². The lowest BCUT2D eigenvalue weighted by Crippen LogP contribution is -2.46. The fourth-order valence-corrected chi connectivity index (χ4v) is 4.23. The maximum absolute atomic E-state index is 13.5. The Morgan fingerprint density at radius 3 is 2.65 bits per heavy atom. The van der Waals surface area contributed by atoms with Gasteiger partial charge in [0.2, 0.25) is 17.7 Å². The molecule has 0 N–H and O–H groups in total. The summed E-state index contributed by atoms with van der Waals surface area (Å²) < 4.78 is 19.4. The normalized spacial score (nSPS) is 20.1. The Hall–Kier alpha value is -2.46. The number of ether oxygens (including phenoxy) is 1. The van der Waals surface area contributed by atoms with Crippen LogP contribution in [-0.2, 0) is 25.7 Å². The zero-order valence-corrected chi connectivity index (χ0v) is 18.4. The third-order valence-corrected chi connectivity index (χ3v) is 5.83. The molecule has 168 valence electrons. The van der Waals surface area contributed by atoms with Crippen molar-refractivity contribution in [2.75, 3.05) is 38.5 Å². The quantitative estimate of drug-likeness (QED) is 0.628. The van der Waals surface area contributed by atoms with E-state index < -0.39 is 29.7 Å². The number of thioether (sulfide) groups is 1. The Morgan fingerprint density at radius 1 is 1.23 bits per heavy atom. The molecule has 10 heteroatoms. The highest BCUT2D eigenvalue weighted by atomic mass is 32.2. The van der Waals surface area contributed by atoms with Gasteiger partial charge in [-0.25, -0.2) is 4.39 Å². The van der Waals surface area contributed by atoms with E-state index in [0.717, 1.165) is 16.7 Å². The van der Waals surface area contributed by atoms with Crippen molar-refractivity contribution >= 4 is 34.7 Å². The van der Waals surface area contributed by atoms with Crippen molar-refractivity contribution in [2.45, 2.75) is 26.6 Å². The Labute approximate surface area is 184 Å². The van der Waals surface area contributed by atoms with Gasteiger partial charge >= 0.3 is 0 Å². The predicted octanol–water partition coefficient (Wildman–Crippen LogP) is 1.73. The molecule has 1 atom stereocenters. The molecular weight excluding hydrogens is 425 g/mol. The van der Waals surface area contributed by atoms with Crippen LogP contribution in [0.3, 0.4) is 0 Å². The summed E-state index contributed by atoms with van der Waals surface area (Å²) in [4.78, 5) is 53.2. The van der Waals surface area contributed by atoms with Gasteiger partial charge < -0.3 is 14.5 Å². The van der Waals surface area contributed by atoms with Crippen LogP contribution in [0.5, 0.6) is 0 Å². The standard InChI is InChI=1S/C21H26FN3O5S/c1-14(2)7-23-8-17(30-12-15-4-3-5-16(22)6-15)9-24(10-18(23)26)19(27)11-25-20(28)13-31-21(25)29/h3-6,14,17H,7-13H2,1-2H3/t17-/m1/s1. The molecule has 2 aliphatic heterocycles. The number of nitrogens with zero attached hydrogens (tertiary/aromatic N) is 3. The molecule has 0 bridgehead atoms. The van der Waals surface area contributed by atoms with Crippen LogP contribution in [0.2, 0.25) is 0 Å². The summed E-state index contributed by atoms with van der Waals surface area (Å²) in [5.74, 6) is -1.23. The predicted molar refractivity (Wildman–Crippen MR) is 113 cm³/mol. The van der Waals surface area contributed by atoms with E-state index in [1.165, 1.54) is 17.0 Å². The van der Waals surface area contributed by atoms with Gasteiger partial charge in [-0.05, 0) is 23.6 Å². The largest absolute Gasteiger partial charge is 0.370 e. The van der Waals surface area contributed by atoms with Gasteiger partial charge in [-0.2, -0.15) is 0 Å². The topological polar surface area (TPSA) is 87.2 Å². The van der Waals surface area contributed by atoms with E-state index in [1.54, 1.807) is 17.0 Å². The van der Waals surface area contributed by atoms with E-state index in [-0.39, 0.29) is 43.1 Å². The molecule has 0 aliphatic carbocycles. The van der Waals surface area contributed by atoms with E-state index in [0.29, 0.717) is 18.7 Å². The SMILES string of the molecule is CC(C)CN1C[C@@H](OCc2cccc(F)c2)CN(C(=O)CN2C(=O)CSC2=O)CC1=O. The molecule has 1 aromatic rings. The molecule has 0 unspecified atom stereocenters. The second kappa shape index (κ2) is 10.2. The Bertz CT molecular complexity index is 849. The maximum Gasteiger partial charge on any atom is 0.289 e. The molecule has 2 heterocycles. The molecule has 1 aromatic carbocycles. The van der Waals surface area contributed by atoms with Crippen LogP contribution in [0.15, 0.2) is 24.3 Å². The van der Waals surface area contributed by atoms with Crippen LogP contribution in [0.4, 0.5) is 9.18 Å². The molecule has 2 saturated heterocycles. The summed E-state index contributed by atoms with van der Waals surface area (Å²) in [6.45, 7) is 4.53. The average Bonchev–Trinajstić information content (AvgIpc) is 2.92. The maximum atomic E-state index is 13.5. The third kappa shape index (κ3) is 6.27. The van der Waals surface area contributed by atoms with Gasteiger partial charge in [-0.1, -0.05) is 37.7 Å². The summed E-state index contributed by atoms with van der Waals surface area (Å²) in [6.07, 6.45) is -0.489. The Balaban J connectivity index is 1.71. The summed E-state index contributed by atoms with van der Waals surface area (Å²) in [5.41, 5.74) is 0.647. The van der Waals surface area contributed by atoms with Crippen molar-refractivity contribution in [1.82, 2.24) is 14.7 Å². The number of hydrogen-bond acceptors (Lipinski definition) is 6. The molecule has 0 aromatic heterocycles. The molecule has 2 fully saturated rings. The highest BCUT2D eigenvalue weighted by Crippen LogP contribution is 2.19. The number of imide groups is 1. The molecule has 31 heavy (non-hydrogen) atoms. The van der Waals surface area contributed by atoms with Gasteiger partial charge in [-0.3, -0.25) is 24.1 Å². The molecule has 2 aliphatic rings. The van der Waals surface area contributed by atoms with Gasteiger partial charge in [0.15, 0.2) is 0 Å². The zero-order chi connectivity index (χ0) is 22.5. The molecule has 3 rings (SSSR count). The van der Waals surface area contributed by atoms with Crippen LogP contribution in [0.25, 0.3) is 0 Å². The van der Waals surface area contributed by atoms with E-state index >= 15 is 0 Å². The first-order valence-corrected chi connectivity index (χ1v) is 11.1. The fourth-order valence-electron chi connectivity index (χ4n) is 3.50. The van der Waals surface area contributed by atoms with Gasteiger partial charge in [0.05, 0.1) is 25.0 Å². The van der Waals surface area contributed by atoms with E-state index in [4.69, 9.17) is 4.74 Å². The number of benzene rings is 1. The van der Waals surface area contributed by atoms with Crippen molar-refractivity contribution in [3.05, 3.63) is 35.6 Å². The number of hydrogen-bond donors (Lipinski definition) is 0. The van der Waals surface area contributed by atoms with Gasteiger partial charge in [0.25, 0.3) is 5.24 Å². The van der Waals surface area contributed by atoms with Crippen molar-refractivity contribution < 1.29 is 28.3 Å². The minimum atomic E-state index is -0.489. The number of amides is 4. The number of halogens is 1. The van der Waals surface area contributed by atoms with E-state index in [1.807, 2.05) is 13.8 Å². The molecule has 8 nitrogen and oxygen atoms in total. The van der Waals surface area contributed by atoms with Crippen molar-refractivity contribution in [3.8, 4) is 0 Å². The highest BCUT2D eigenvalue weighted by Gasteiger charge is 2.36. The average molecular weight is 452 g/mol. The lowest BCUT2D eigenvalue weighted by Gasteiger charge is -2.26. The summed E-state index contributed by atoms with van der Waals surface area (Å²) in [6, 6.07) is 6.05. The van der Waals surface area contributed by atoms with Gasteiger partial charge in [-0.15, -0.1) is 0 Å². The van der Waals surface area contributed by atoms with Crippen molar-refractivity contribution in [1.29, 1.82) is 0 Å². The number of carbonyl (C=O) groups is 4. The zero-order valence-electron chi connectivity index (χ0n) is 17.6. The minimum Gasteiger partial charge on any atom is -0.370 e. The second-order valence-corrected chi connectivity index (χ2v) is 8.99. The monoisotopic (exact) mass is 451 g/mol. The van der Waals surface area contributed by atoms with Crippen LogP contribution in [0, 0.1) is 11.7 Å².